The molecule has 1 atom stereocenters. The van der Waals surface area contributed by atoms with E-state index in [4.69, 9.17) is 4.89 Å². The summed E-state index contributed by atoms with van der Waals surface area (Å²) in [5.74, 6) is 0. The van der Waals surface area contributed by atoms with E-state index in [2.05, 4.69) is 28.8 Å². The Kier molecular flexibility index (Phi) is 12.8. The Bertz CT molecular complexity index is 130. The first-order chi connectivity index (χ1) is 7.85. The van der Waals surface area contributed by atoms with E-state index in [9.17, 15) is 0 Å². The summed E-state index contributed by atoms with van der Waals surface area (Å²) in [4.78, 5) is 9.59. The molecule has 4 nitrogen and oxygen atoms in total. The van der Waals surface area contributed by atoms with Gasteiger partial charge in [0.2, 0.25) is 0 Å². The molecular weight excluding hydrogens is 208 g/mol. The molecule has 0 aromatic rings. The molecule has 0 spiro atoms. The molecule has 98 valence electrons. The lowest BCUT2D eigenvalue weighted by Crippen LogP contribution is -2.12. The van der Waals surface area contributed by atoms with Gasteiger partial charge in [0.25, 0.3) is 0 Å². The second-order valence-electron chi connectivity index (χ2n) is 3.87. The molecular formula is C12H26O4. The van der Waals surface area contributed by atoms with Crippen LogP contribution in [0.4, 0.5) is 0 Å². The Morgan fingerprint density at radius 1 is 0.875 bits per heavy atom. The van der Waals surface area contributed by atoms with Gasteiger partial charge in [0, 0.05) is 0 Å². The SMILES string of the molecule is CCCCCCCC(CC)OOOOCC. The monoisotopic (exact) mass is 234 g/mol. The second-order valence-corrected chi connectivity index (χ2v) is 3.87. The summed E-state index contributed by atoms with van der Waals surface area (Å²) in [6, 6.07) is 0. The zero-order valence-electron chi connectivity index (χ0n) is 10.9. The van der Waals surface area contributed by atoms with Crippen LogP contribution in [-0.4, -0.2) is 12.7 Å². The maximum Gasteiger partial charge on any atom is 0.0959 e. The number of hydrogen-bond acceptors (Lipinski definition) is 4. The first-order valence-electron chi connectivity index (χ1n) is 6.46. The molecule has 0 saturated carbocycles. The molecule has 0 radical (unpaired) electrons. The van der Waals surface area contributed by atoms with Gasteiger partial charge in [-0.25, -0.2) is 9.78 Å². The topological polar surface area (TPSA) is 36.9 Å². The van der Waals surface area contributed by atoms with Crippen molar-refractivity contribution < 1.29 is 19.9 Å². The summed E-state index contributed by atoms with van der Waals surface area (Å²) < 4.78 is 0. The van der Waals surface area contributed by atoms with Crippen LogP contribution in [0.2, 0.25) is 0 Å². The van der Waals surface area contributed by atoms with Crippen LogP contribution in [0.1, 0.15) is 65.7 Å². The van der Waals surface area contributed by atoms with Crippen LogP contribution in [0, 0.1) is 0 Å². The smallest absolute Gasteiger partial charge is 0.0959 e. The number of rotatable bonds is 12. The van der Waals surface area contributed by atoms with Gasteiger partial charge in [0.05, 0.1) is 12.7 Å². The first-order valence-corrected chi connectivity index (χ1v) is 6.46. The third-order valence-corrected chi connectivity index (χ3v) is 2.45. The fourth-order valence-electron chi connectivity index (χ4n) is 1.44. The average molecular weight is 234 g/mol. The average Bonchev–Trinajstić information content (AvgIpc) is 2.31. The summed E-state index contributed by atoms with van der Waals surface area (Å²) in [5.41, 5.74) is 0. The van der Waals surface area contributed by atoms with Crippen LogP contribution in [0.3, 0.4) is 0 Å². The molecule has 0 saturated heterocycles. The molecule has 0 aliphatic heterocycles. The van der Waals surface area contributed by atoms with E-state index in [0.29, 0.717) is 6.61 Å². The second kappa shape index (κ2) is 12.9. The summed E-state index contributed by atoms with van der Waals surface area (Å²) in [5, 5.41) is 8.82. The largest absolute Gasteiger partial charge is 0.204 e. The van der Waals surface area contributed by atoms with Gasteiger partial charge in [0.1, 0.15) is 0 Å². The van der Waals surface area contributed by atoms with Crippen molar-refractivity contribution in [1.82, 2.24) is 0 Å². The normalized spacial score (nSPS) is 12.9. The maximum atomic E-state index is 5.05. The molecule has 0 aliphatic carbocycles. The lowest BCUT2D eigenvalue weighted by Gasteiger charge is -2.12. The van der Waals surface area contributed by atoms with E-state index in [1.54, 1.807) is 0 Å². The first kappa shape index (κ1) is 15.8. The van der Waals surface area contributed by atoms with Gasteiger partial charge in [-0.3, -0.25) is 0 Å². The molecule has 0 bridgehead atoms. The van der Waals surface area contributed by atoms with Crippen LogP contribution >= 0.6 is 0 Å². The molecule has 16 heavy (non-hydrogen) atoms. The molecule has 0 N–H and O–H groups in total. The zero-order chi connectivity index (χ0) is 12.1. The number of unbranched alkanes of at least 4 members (excludes halogenated alkanes) is 4. The Hall–Kier alpha value is -0.160. The Morgan fingerprint density at radius 2 is 1.62 bits per heavy atom. The fraction of sp³-hybridized carbons (Fsp3) is 1.00. The minimum Gasteiger partial charge on any atom is -0.204 e. The highest BCUT2D eigenvalue weighted by atomic mass is 17.7. The van der Waals surface area contributed by atoms with Crippen LogP contribution in [0.25, 0.3) is 0 Å². The molecule has 0 aromatic heterocycles. The molecule has 0 fully saturated rings. The highest BCUT2D eigenvalue weighted by Crippen LogP contribution is 2.12. The minimum absolute atomic E-state index is 0.0992. The predicted octanol–water partition coefficient (Wildman–Crippen LogP) is 3.96. The molecule has 4 heteroatoms. The minimum atomic E-state index is 0.0992. The van der Waals surface area contributed by atoms with E-state index >= 15 is 0 Å². The summed E-state index contributed by atoms with van der Waals surface area (Å²) in [6.45, 7) is 6.54. The van der Waals surface area contributed by atoms with Gasteiger partial charge in [-0.2, -0.15) is 0 Å². The van der Waals surface area contributed by atoms with Crippen molar-refractivity contribution in [3.8, 4) is 0 Å². The number of hydrogen-bond donors (Lipinski definition) is 0. The highest BCUT2D eigenvalue weighted by molar-refractivity contribution is 4.53. The van der Waals surface area contributed by atoms with E-state index in [1.807, 2.05) is 6.92 Å². The van der Waals surface area contributed by atoms with E-state index in [0.717, 1.165) is 12.8 Å². The van der Waals surface area contributed by atoms with Gasteiger partial charge >= 0.3 is 0 Å². The maximum absolute atomic E-state index is 5.05. The molecule has 0 aliphatic rings. The predicted molar refractivity (Wildman–Crippen MR) is 62.3 cm³/mol. The summed E-state index contributed by atoms with van der Waals surface area (Å²) in [7, 11) is 0. The molecule has 0 rings (SSSR count). The van der Waals surface area contributed by atoms with E-state index in [1.165, 1.54) is 32.1 Å². The quantitative estimate of drug-likeness (QED) is 0.291. The third-order valence-electron chi connectivity index (χ3n) is 2.45. The van der Waals surface area contributed by atoms with Crippen molar-refractivity contribution in [3.63, 3.8) is 0 Å². The fourth-order valence-corrected chi connectivity index (χ4v) is 1.44. The van der Waals surface area contributed by atoms with E-state index < -0.39 is 0 Å². The van der Waals surface area contributed by atoms with Gasteiger partial charge in [-0.1, -0.05) is 46.0 Å². The van der Waals surface area contributed by atoms with Crippen molar-refractivity contribution in [3.05, 3.63) is 0 Å². The lowest BCUT2D eigenvalue weighted by atomic mass is 10.1. The Balaban J connectivity index is 3.29. The van der Waals surface area contributed by atoms with E-state index in [-0.39, 0.29) is 6.10 Å². The molecule has 0 aromatic carbocycles. The van der Waals surface area contributed by atoms with Gasteiger partial charge in [0.15, 0.2) is 0 Å². The molecule has 0 heterocycles. The Labute approximate surface area is 99.0 Å². The Morgan fingerprint density at radius 3 is 2.25 bits per heavy atom. The van der Waals surface area contributed by atoms with Crippen molar-refractivity contribution in [2.24, 2.45) is 0 Å². The zero-order valence-corrected chi connectivity index (χ0v) is 10.9. The van der Waals surface area contributed by atoms with Crippen LogP contribution in [0.15, 0.2) is 0 Å². The standard InChI is InChI=1S/C12H26O4/c1-4-7-8-9-10-11-12(5-2)14-16-15-13-6-3/h12H,4-11H2,1-3H3. The van der Waals surface area contributed by atoms with Crippen molar-refractivity contribution in [2.45, 2.75) is 71.8 Å². The van der Waals surface area contributed by atoms with Crippen molar-refractivity contribution >= 4 is 0 Å². The summed E-state index contributed by atoms with van der Waals surface area (Å²) >= 11 is 0. The van der Waals surface area contributed by atoms with Gasteiger partial charge < -0.3 is 0 Å². The van der Waals surface area contributed by atoms with Crippen LogP contribution < -0.4 is 0 Å². The highest BCUT2D eigenvalue weighted by Gasteiger charge is 2.08. The summed E-state index contributed by atoms with van der Waals surface area (Å²) in [6.07, 6.45) is 8.38. The van der Waals surface area contributed by atoms with Crippen LogP contribution in [0.5, 0.6) is 0 Å². The van der Waals surface area contributed by atoms with Gasteiger partial charge in [-0.05, 0) is 29.8 Å². The molecule has 1 unspecified atom stereocenters. The van der Waals surface area contributed by atoms with Gasteiger partial charge in [-0.15, -0.1) is 0 Å². The van der Waals surface area contributed by atoms with Crippen molar-refractivity contribution in [2.75, 3.05) is 6.61 Å². The lowest BCUT2D eigenvalue weighted by molar-refractivity contribution is -0.641. The van der Waals surface area contributed by atoms with Crippen molar-refractivity contribution in [1.29, 1.82) is 0 Å². The third kappa shape index (κ3) is 10.4. The van der Waals surface area contributed by atoms with Crippen LogP contribution in [-0.2, 0) is 19.9 Å². The molecule has 0 amide bonds.